The lowest BCUT2D eigenvalue weighted by Gasteiger charge is -2.32. The molecular weight excluding hydrogens is 376 g/mol. The summed E-state index contributed by atoms with van der Waals surface area (Å²) >= 11 is 0. The van der Waals surface area contributed by atoms with Gasteiger partial charge in [0.15, 0.2) is 11.5 Å². The Balaban J connectivity index is 1.36. The first-order valence-electron chi connectivity index (χ1n) is 10.9. The van der Waals surface area contributed by atoms with Gasteiger partial charge >= 0.3 is 0 Å². The van der Waals surface area contributed by atoms with Crippen molar-refractivity contribution < 1.29 is 14.3 Å². The van der Waals surface area contributed by atoms with E-state index in [2.05, 4.69) is 17.1 Å². The molecule has 1 aliphatic heterocycles. The van der Waals surface area contributed by atoms with Gasteiger partial charge < -0.3 is 14.4 Å². The van der Waals surface area contributed by atoms with Crippen molar-refractivity contribution >= 4 is 12.0 Å². The summed E-state index contributed by atoms with van der Waals surface area (Å²) in [5.41, 5.74) is 2.22. The Bertz CT molecular complexity index is 867. The number of nitrogens with zero attached hydrogens (tertiary/aromatic N) is 2. The molecule has 0 bridgehead atoms. The van der Waals surface area contributed by atoms with Crippen LogP contribution in [0.4, 0.5) is 0 Å². The summed E-state index contributed by atoms with van der Waals surface area (Å²) in [4.78, 5) is 18.5. The maximum absolute atomic E-state index is 12.5. The van der Waals surface area contributed by atoms with Crippen molar-refractivity contribution in [3.63, 3.8) is 0 Å². The minimum atomic E-state index is 0.0669. The number of benzene rings is 1. The molecule has 0 spiro atoms. The highest BCUT2D eigenvalue weighted by Crippen LogP contribution is 2.37. The second-order valence-corrected chi connectivity index (χ2v) is 8.15. The van der Waals surface area contributed by atoms with E-state index < -0.39 is 0 Å². The molecular formula is C25H30N2O3. The first-order chi connectivity index (χ1) is 14.7. The van der Waals surface area contributed by atoms with E-state index in [1.165, 1.54) is 18.4 Å². The molecule has 1 aromatic heterocycles. The first-order valence-corrected chi connectivity index (χ1v) is 10.9. The average molecular weight is 407 g/mol. The number of amides is 1. The normalized spacial score (nSPS) is 18.1. The Morgan fingerprint density at radius 2 is 1.90 bits per heavy atom. The summed E-state index contributed by atoms with van der Waals surface area (Å²) in [6, 6.07) is 10.1. The van der Waals surface area contributed by atoms with Crippen LogP contribution < -0.4 is 9.47 Å². The van der Waals surface area contributed by atoms with Gasteiger partial charge in [0.1, 0.15) is 0 Å². The molecule has 1 aromatic carbocycles. The maximum Gasteiger partial charge on any atom is 0.246 e. The van der Waals surface area contributed by atoms with E-state index >= 15 is 0 Å². The zero-order chi connectivity index (χ0) is 20.8. The molecule has 1 saturated carbocycles. The highest BCUT2D eigenvalue weighted by molar-refractivity contribution is 5.91. The lowest BCUT2D eigenvalue weighted by molar-refractivity contribution is -0.126. The number of rotatable bonds is 6. The van der Waals surface area contributed by atoms with Gasteiger partial charge in [-0.2, -0.15) is 0 Å². The fourth-order valence-corrected chi connectivity index (χ4v) is 4.41. The van der Waals surface area contributed by atoms with E-state index in [0.717, 1.165) is 55.8 Å². The monoisotopic (exact) mass is 406 g/mol. The van der Waals surface area contributed by atoms with Crippen molar-refractivity contribution in [3.05, 3.63) is 59.9 Å². The van der Waals surface area contributed by atoms with Crippen LogP contribution >= 0.6 is 0 Å². The number of piperidine rings is 1. The number of carbonyl (C=O) groups excluding carboxylic acids is 1. The van der Waals surface area contributed by atoms with Gasteiger partial charge in [-0.3, -0.25) is 9.78 Å². The van der Waals surface area contributed by atoms with E-state index in [1.807, 2.05) is 29.2 Å². The van der Waals surface area contributed by atoms with Gasteiger partial charge in [-0.1, -0.05) is 12.1 Å². The molecule has 2 aromatic rings. The third-order valence-electron chi connectivity index (χ3n) is 6.16. The zero-order valence-corrected chi connectivity index (χ0v) is 17.6. The molecule has 2 aliphatic rings. The third-order valence-corrected chi connectivity index (χ3v) is 6.16. The smallest absolute Gasteiger partial charge is 0.246 e. The Kier molecular flexibility index (Phi) is 6.67. The molecule has 0 unspecified atom stereocenters. The second kappa shape index (κ2) is 9.79. The van der Waals surface area contributed by atoms with Crippen molar-refractivity contribution in [2.75, 3.05) is 20.2 Å². The molecule has 1 aliphatic carbocycles. The van der Waals surface area contributed by atoms with Gasteiger partial charge in [0, 0.05) is 31.6 Å². The number of aromatic nitrogens is 1. The fourth-order valence-electron chi connectivity index (χ4n) is 4.41. The molecule has 5 nitrogen and oxygen atoms in total. The van der Waals surface area contributed by atoms with Crippen LogP contribution in [-0.4, -0.2) is 42.1 Å². The van der Waals surface area contributed by atoms with Gasteiger partial charge in [-0.05, 0) is 79.8 Å². The summed E-state index contributed by atoms with van der Waals surface area (Å²) in [6.45, 7) is 1.54. The molecule has 4 rings (SSSR count). The molecule has 2 heterocycles. The van der Waals surface area contributed by atoms with Crippen LogP contribution in [0.3, 0.4) is 0 Å². The second-order valence-electron chi connectivity index (χ2n) is 8.15. The summed E-state index contributed by atoms with van der Waals surface area (Å²) in [6.07, 6.45) is 13.9. The number of methoxy groups -OCH3 is 1. The quantitative estimate of drug-likeness (QED) is 0.645. The van der Waals surface area contributed by atoms with Crippen LogP contribution in [-0.2, 0) is 4.79 Å². The lowest BCUT2D eigenvalue weighted by Crippen LogP contribution is -2.36. The highest BCUT2D eigenvalue weighted by Gasteiger charge is 2.24. The SMILES string of the molecule is COc1ccc(C2CCN(C(=O)C=Cc3cccnc3)CC2)cc1OC1CCCC1. The third kappa shape index (κ3) is 5.02. The van der Waals surface area contributed by atoms with Crippen molar-refractivity contribution in [3.8, 4) is 11.5 Å². The molecule has 5 heteroatoms. The summed E-state index contributed by atoms with van der Waals surface area (Å²) in [7, 11) is 1.69. The van der Waals surface area contributed by atoms with Crippen LogP contribution in [0, 0.1) is 0 Å². The van der Waals surface area contributed by atoms with Crippen LogP contribution in [0.5, 0.6) is 11.5 Å². The van der Waals surface area contributed by atoms with Gasteiger partial charge in [0.05, 0.1) is 13.2 Å². The largest absolute Gasteiger partial charge is 0.493 e. The average Bonchev–Trinajstić information content (AvgIpc) is 3.31. The summed E-state index contributed by atoms with van der Waals surface area (Å²) in [5.74, 6) is 2.17. The number of hydrogen-bond acceptors (Lipinski definition) is 4. The summed E-state index contributed by atoms with van der Waals surface area (Å²) < 4.78 is 11.8. The van der Waals surface area contributed by atoms with Crippen molar-refractivity contribution in [1.82, 2.24) is 9.88 Å². The Morgan fingerprint density at radius 3 is 2.60 bits per heavy atom. The van der Waals surface area contributed by atoms with Crippen molar-refractivity contribution in [2.24, 2.45) is 0 Å². The maximum atomic E-state index is 12.5. The first kappa shape index (κ1) is 20.5. The number of ether oxygens (including phenoxy) is 2. The number of hydrogen-bond donors (Lipinski definition) is 0. The number of likely N-dealkylation sites (tertiary alicyclic amines) is 1. The molecule has 0 atom stereocenters. The van der Waals surface area contributed by atoms with E-state index in [0.29, 0.717) is 12.0 Å². The molecule has 1 amide bonds. The molecule has 30 heavy (non-hydrogen) atoms. The molecule has 0 N–H and O–H groups in total. The van der Waals surface area contributed by atoms with Crippen LogP contribution in [0.15, 0.2) is 48.8 Å². The number of pyridine rings is 1. The predicted octanol–water partition coefficient (Wildman–Crippen LogP) is 4.83. The number of carbonyl (C=O) groups is 1. The van der Waals surface area contributed by atoms with Gasteiger partial charge in [-0.15, -0.1) is 0 Å². The Labute approximate surface area is 178 Å². The highest BCUT2D eigenvalue weighted by atomic mass is 16.5. The topological polar surface area (TPSA) is 51.7 Å². The van der Waals surface area contributed by atoms with Gasteiger partial charge in [-0.25, -0.2) is 0 Å². The van der Waals surface area contributed by atoms with E-state index in [-0.39, 0.29) is 5.91 Å². The van der Waals surface area contributed by atoms with Crippen LogP contribution in [0.25, 0.3) is 6.08 Å². The summed E-state index contributed by atoms with van der Waals surface area (Å²) in [5, 5.41) is 0. The van der Waals surface area contributed by atoms with Crippen molar-refractivity contribution in [2.45, 2.75) is 50.5 Å². The fraction of sp³-hybridized carbons (Fsp3) is 0.440. The standard InChI is InChI=1S/C25H30N2O3/c1-29-23-10-9-21(17-24(23)30-22-6-2-3-7-22)20-12-15-27(16-13-20)25(28)11-8-19-5-4-14-26-18-19/h4-5,8-11,14,17-18,20,22H,2-3,6-7,12-13,15-16H2,1H3. The van der Waals surface area contributed by atoms with Crippen LogP contribution in [0.2, 0.25) is 0 Å². The Hall–Kier alpha value is -2.82. The van der Waals surface area contributed by atoms with E-state index in [9.17, 15) is 4.79 Å². The van der Waals surface area contributed by atoms with E-state index in [1.54, 1.807) is 25.6 Å². The zero-order valence-electron chi connectivity index (χ0n) is 17.6. The van der Waals surface area contributed by atoms with E-state index in [4.69, 9.17) is 9.47 Å². The lowest BCUT2D eigenvalue weighted by atomic mass is 9.89. The Morgan fingerprint density at radius 1 is 1.10 bits per heavy atom. The minimum absolute atomic E-state index is 0.0669. The molecule has 2 fully saturated rings. The van der Waals surface area contributed by atoms with Crippen LogP contribution in [0.1, 0.15) is 55.6 Å². The molecule has 0 radical (unpaired) electrons. The minimum Gasteiger partial charge on any atom is -0.493 e. The predicted molar refractivity (Wildman–Crippen MR) is 118 cm³/mol. The van der Waals surface area contributed by atoms with Gasteiger partial charge in [0.25, 0.3) is 0 Å². The van der Waals surface area contributed by atoms with Crippen molar-refractivity contribution in [1.29, 1.82) is 0 Å². The molecule has 1 saturated heterocycles. The molecule has 158 valence electrons. The van der Waals surface area contributed by atoms with Gasteiger partial charge in [0.2, 0.25) is 5.91 Å².